The maximum Gasteiger partial charge on any atom is 0.431 e. The lowest BCUT2D eigenvalue weighted by Crippen LogP contribution is -2.32. The van der Waals surface area contributed by atoms with Gasteiger partial charge in [0.05, 0.1) is 0 Å². The molecular weight excluding hydrogens is 210 g/mol. The van der Waals surface area contributed by atoms with Crippen molar-refractivity contribution >= 4 is 11.9 Å². The lowest BCUT2D eigenvalue weighted by molar-refractivity contribution is 0.202. The number of nitrogens with zero attached hydrogens (tertiary/aromatic N) is 1. The summed E-state index contributed by atoms with van der Waals surface area (Å²) in [5.41, 5.74) is 4.82. The van der Waals surface area contributed by atoms with Crippen LogP contribution < -0.4 is 15.6 Å². The van der Waals surface area contributed by atoms with Crippen molar-refractivity contribution in [2.24, 2.45) is 0 Å². The molecule has 82 valence electrons. The normalized spacial score (nSPS) is 9.50. The second-order valence-electron chi connectivity index (χ2n) is 2.84. The van der Waals surface area contributed by atoms with E-state index in [1.807, 2.05) is 6.07 Å². The van der Waals surface area contributed by atoms with E-state index in [1.54, 1.807) is 30.3 Å². The number of carbonyl (C=O) groups excluding carboxylic acids is 1. The van der Waals surface area contributed by atoms with Crippen molar-refractivity contribution in [1.82, 2.24) is 10.6 Å². The minimum Gasteiger partial charge on any atom is -0.409 e. The third-order valence-corrected chi connectivity index (χ3v) is 1.68. The van der Waals surface area contributed by atoms with Gasteiger partial charge >= 0.3 is 6.09 Å². The molecule has 6 nitrogen and oxygen atoms in total. The summed E-state index contributed by atoms with van der Waals surface area (Å²) in [4.78, 5) is 11.3. The van der Waals surface area contributed by atoms with Crippen molar-refractivity contribution in [1.29, 1.82) is 0 Å². The molecule has 1 amide bonds. The van der Waals surface area contributed by atoms with Crippen LogP contribution in [0.3, 0.4) is 0 Å². The summed E-state index contributed by atoms with van der Waals surface area (Å²) in [6.07, 6.45) is 0.751. The third kappa shape index (κ3) is 2.74. The van der Waals surface area contributed by atoms with Gasteiger partial charge in [0.25, 0.3) is 0 Å². The Bertz CT molecular complexity index is 442. The molecule has 1 aromatic heterocycles. The first-order valence-electron chi connectivity index (χ1n) is 4.54. The van der Waals surface area contributed by atoms with Crippen molar-refractivity contribution in [2.75, 3.05) is 5.43 Å². The van der Waals surface area contributed by atoms with Crippen molar-refractivity contribution in [3.05, 3.63) is 42.7 Å². The van der Waals surface area contributed by atoms with E-state index in [4.69, 9.17) is 4.74 Å². The van der Waals surface area contributed by atoms with E-state index in [2.05, 4.69) is 20.5 Å². The van der Waals surface area contributed by atoms with E-state index in [1.165, 1.54) is 6.26 Å². The number of carbonyl (C=O) groups is 1. The minimum atomic E-state index is -0.630. The average Bonchev–Trinajstić information content (AvgIpc) is 2.81. The standard InChI is InChI=1S/C10H9N3O3/c14-10(12-11-9-6-7-15-13-9)16-8-4-2-1-3-5-8/h1-7H,(H,11,13)(H,12,14). The summed E-state index contributed by atoms with van der Waals surface area (Å²) in [6, 6.07) is 10.3. The molecule has 0 aliphatic carbocycles. The van der Waals surface area contributed by atoms with Crippen LogP contribution >= 0.6 is 0 Å². The molecule has 1 aromatic carbocycles. The highest BCUT2D eigenvalue weighted by atomic mass is 16.6. The second-order valence-corrected chi connectivity index (χ2v) is 2.84. The number of rotatable bonds is 3. The summed E-state index contributed by atoms with van der Waals surface area (Å²) in [5, 5.41) is 3.54. The largest absolute Gasteiger partial charge is 0.431 e. The van der Waals surface area contributed by atoms with Gasteiger partial charge in [-0.15, -0.1) is 0 Å². The number of ether oxygens (including phenoxy) is 1. The van der Waals surface area contributed by atoms with Gasteiger partial charge in [0.2, 0.25) is 0 Å². The van der Waals surface area contributed by atoms with E-state index in [0.29, 0.717) is 11.6 Å². The predicted molar refractivity (Wildman–Crippen MR) is 55.7 cm³/mol. The first-order chi connectivity index (χ1) is 7.84. The van der Waals surface area contributed by atoms with Crippen molar-refractivity contribution < 1.29 is 14.1 Å². The molecule has 2 N–H and O–H groups in total. The van der Waals surface area contributed by atoms with Gasteiger partial charge in [-0.05, 0) is 12.1 Å². The monoisotopic (exact) mass is 219 g/mol. The highest BCUT2D eigenvalue weighted by Crippen LogP contribution is 2.08. The Hall–Kier alpha value is -2.50. The number of amides is 1. The highest BCUT2D eigenvalue weighted by molar-refractivity contribution is 5.71. The molecule has 16 heavy (non-hydrogen) atoms. The smallest absolute Gasteiger partial charge is 0.409 e. The van der Waals surface area contributed by atoms with E-state index < -0.39 is 6.09 Å². The summed E-state index contributed by atoms with van der Waals surface area (Å²) in [7, 11) is 0. The Morgan fingerprint density at radius 1 is 1.25 bits per heavy atom. The van der Waals surface area contributed by atoms with E-state index in [-0.39, 0.29) is 0 Å². The Balaban J connectivity index is 1.81. The van der Waals surface area contributed by atoms with E-state index in [0.717, 1.165) is 0 Å². The topological polar surface area (TPSA) is 76.4 Å². The number of aromatic nitrogens is 1. The van der Waals surface area contributed by atoms with Crippen LogP contribution in [0, 0.1) is 0 Å². The van der Waals surface area contributed by atoms with Crippen LogP contribution in [0.25, 0.3) is 0 Å². The van der Waals surface area contributed by atoms with Crippen LogP contribution in [0.5, 0.6) is 5.75 Å². The number of hydrogen-bond acceptors (Lipinski definition) is 5. The Morgan fingerprint density at radius 3 is 2.75 bits per heavy atom. The summed E-state index contributed by atoms with van der Waals surface area (Å²) in [5.74, 6) is 0.854. The summed E-state index contributed by atoms with van der Waals surface area (Å²) < 4.78 is 9.50. The highest BCUT2D eigenvalue weighted by Gasteiger charge is 2.03. The van der Waals surface area contributed by atoms with E-state index in [9.17, 15) is 4.79 Å². The average molecular weight is 219 g/mol. The second kappa shape index (κ2) is 4.83. The van der Waals surface area contributed by atoms with Gasteiger partial charge in [-0.2, -0.15) is 0 Å². The van der Waals surface area contributed by atoms with Gasteiger partial charge in [-0.3, -0.25) is 5.43 Å². The van der Waals surface area contributed by atoms with Crippen molar-refractivity contribution in [3.8, 4) is 5.75 Å². The van der Waals surface area contributed by atoms with Gasteiger partial charge in [0, 0.05) is 6.07 Å². The van der Waals surface area contributed by atoms with Crippen molar-refractivity contribution in [2.45, 2.75) is 0 Å². The molecular formula is C10H9N3O3. The number of hydrogen-bond donors (Lipinski definition) is 2. The molecule has 0 radical (unpaired) electrons. The molecule has 0 saturated heterocycles. The Morgan fingerprint density at radius 2 is 2.06 bits per heavy atom. The molecule has 2 aromatic rings. The zero-order valence-electron chi connectivity index (χ0n) is 8.21. The molecule has 1 heterocycles. The van der Waals surface area contributed by atoms with Gasteiger partial charge in [0.15, 0.2) is 5.82 Å². The maximum atomic E-state index is 11.3. The number of anilines is 1. The van der Waals surface area contributed by atoms with Gasteiger partial charge in [-0.25, -0.2) is 10.2 Å². The Kier molecular flexibility index (Phi) is 3.03. The zero-order valence-corrected chi connectivity index (χ0v) is 8.21. The SMILES string of the molecule is O=C(NNc1ccon1)Oc1ccccc1. The lowest BCUT2D eigenvalue weighted by atomic mass is 10.3. The molecule has 0 bridgehead atoms. The fraction of sp³-hybridized carbons (Fsp3) is 0. The molecule has 0 fully saturated rings. The molecule has 6 heteroatoms. The van der Waals surface area contributed by atoms with Crippen LogP contribution in [0.15, 0.2) is 47.2 Å². The molecule has 0 unspecified atom stereocenters. The number of benzene rings is 1. The number of hydrazine groups is 1. The van der Waals surface area contributed by atoms with Crippen LogP contribution in [0.1, 0.15) is 0 Å². The van der Waals surface area contributed by atoms with Crippen LogP contribution in [-0.4, -0.2) is 11.2 Å². The summed E-state index contributed by atoms with van der Waals surface area (Å²) in [6.45, 7) is 0. The van der Waals surface area contributed by atoms with Crippen LogP contribution in [-0.2, 0) is 0 Å². The van der Waals surface area contributed by atoms with Gasteiger partial charge < -0.3 is 9.26 Å². The van der Waals surface area contributed by atoms with Crippen molar-refractivity contribution in [3.63, 3.8) is 0 Å². The van der Waals surface area contributed by atoms with Crippen LogP contribution in [0.4, 0.5) is 10.6 Å². The number of para-hydroxylation sites is 1. The summed E-state index contributed by atoms with van der Waals surface area (Å²) >= 11 is 0. The predicted octanol–water partition coefficient (Wildman–Crippen LogP) is 1.79. The first-order valence-corrected chi connectivity index (χ1v) is 4.54. The molecule has 0 saturated carbocycles. The first kappa shape index (κ1) is 10.0. The van der Waals surface area contributed by atoms with Gasteiger partial charge in [-0.1, -0.05) is 23.4 Å². The van der Waals surface area contributed by atoms with Crippen LogP contribution in [0.2, 0.25) is 0 Å². The number of nitrogens with one attached hydrogen (secondary N) is 2. The zero-order chi connectivity index (χ0) is 11.2. The third-order valence-electron chi connectivity index (χ3n) is 1.68. The molecule has 0 aliphatic rings. The maximum absolute atomic E-state index is 11.3. The molecule has 2 rings (SSSR count). The van der Waals surface area contributed by atoms with E-state index >= 15 is 0 Å². The lowest BCUT2D eigenvalue weighted by Gasteiger charge is -2.05. The fourth-order valence-corrected chi connectivity index (χ4v) is 1.01. The van der Waals surface area contributed by atoms with Gasteiger partial charge in [0.1, 0.15) is 12.0 Å². The molecule has 0 aliphatic heterocycles. The molecule has 0 atom stereocenters. The quantitative estimate of drug-likeness (QED) is 0.769. The molecule has 0 spiro atoms. The minimum absolute atomic E-state index is 0.394. The Labute approximate surface area is 91.2 Å². The fourth-order valence-electron chi connectivity index (χ4n) is 1.01.